The van der Waals surface area contributed by atoms with Crippen LogP contribution in [0.2, 0.25) is 0 Å². The summed E-state index contributed by atoms with van der Waals surface area (Å²) in [5.41, 5.74) is -6.51. The van der Waals surface area contributed by atoms with Crippen LogP contribution in [0.5, 0.6) is 0 Å². The van der Waals surface area contributed by atoms with Crippen molar-refractivity contribution in [2.45, 2.75) is 155 Å². The zero-order valence-electron chi connectivity index (χ0n) is 47.8. The molecule has 18 nitrogen and oxygen atoms in total. The molecule has 8 bridgehead atoms. The van der Waals surface area contributed by atoms with Crippen LogP contribution >= 0.6 is 0 Å². The minimum atomic E-state index is -6.21. The summed E-state index contributed by atoms with van der Waals surface area (Å²) < 4.78 is 229. The Bertz CT molecular complexity index is 3840. The van der Waals surface area contributed by atoms with Crippen molar-refractivity contribution >= 4 is 42.8 Å². The number of hydrogen-bond donors (Lipinski definition) is 0. The lowest BCUT2D eigenvalue weighted by Gasteiger charge is -2.61. The highest BCUT2D eigenvalue weighted by atomic mass is 32.2. The highest BCUT2D eigenvalue weighted by Crippen LogP contribution is 2.68. The van der Waals surface area contributed by atoms with Gasteiger partial charge in [0.25, 0.3) is 11.9 Å². The molecule has 0 aromatic heterocycles. The molecule has 2 saturated carbocycles. The first-order valence-electron chi connectivity index (χ1n) is 28.1. The minimum absolute atomic E-state index is 0.00523. The van der Waals surface area contributed by atoms with Crippen molar-refractivity contribution in [1.29, 1.82) is 0 Å². The van der Waals surface area contributed by atoms with Crippen LogP contribution in [0.25, 0.3) is 33.4 Å². The zero-order valence-corrected chi connectivity index (χ0v) is 49.4. The second-order valence-corrected chi connectivity index (χ2v) is 27.0. The SMILES string of the molecule is CCC1=C(C2=C(C3=C(CC)S(=O)(=O)c4cc(-c5ccc(C(=O)OC6C7OC8(C)OC(C7C)C(C)[C@@H]6O8)cc5)ccc43)C(F)(F)C(F)(F)C2(F)F)c2ccc(-c3ccc(C(=O)OC4C5OC6(C)OC(C5OCOC)C(OCOC)[C@H]4O6)cc3)cc2S1(=O)=O. The predicted octanol–water partition coefficient (Wildman–Crippen LogP) is 9.80. The van der Waals surface area contributed by atoms with E-state index in [1.807, 2.05) is 13.8 Å². The number of fused-ring (bicyclic) bond motifs is 2. The average molecular weight is 1260 g/mol. The van der Waals surface area contributed by atoms with E-state index in [-0.39, 0.29) is 59.3 Å². The third-order valence-electron chi connectivity index (χ3n) is 18.0. The number of carbonyl (C=O) groups excluding carboxylic acids is 2. The third-order valence-corrected chi connectivity index (χ3v) is 22.1. The molecule has 464 valence electrons. The average Bonchev–Trinajstić information content (AvgIpc) is 1.56. The molecular weight excluding hydrogens is 1200 g/mol. The molecule has 0 N–H and O–H groups in total. The molecular formula is C61H58F6O18S2. The second-order valence-electron chi connectivity index (χ2n) is 23.1. The van der Waals surface area contributed by atoms with Gasteiger partial charge in [0, 0.05) is 73.3 Å². The number of sulfone groups is 2. The molecule has 8 heterocycles. The van der Waals surface area contributed by atoms with Crippen molar-refractivity contribution in [3.05, 3.63) is 128 Å². The molecule has 0 radical (unpaired) electrons. The quantitative estimate of drug-likeness (QED) is 0.0580. The van der Waals surface area contributed by atoms with E-state index in [0.29, 0.717) is 5.56 Å². The van der Waals surface area contributed by atoms with Crippen molar-refractivity contribution in [3.63, 3.8) is 0 Å². The first-order valence-corrected chi connectivity index (χ1v) is 31.1. The van der Waals surface area contributed by atoms with Crippen LogP contribution in [-0.4, -0.2) is 147 Å². The number of alkyl halides is 6. The van der Waals surface area contributed by atoms with Gasteiger partial charge in [0.05, 0.1) is 36.8 Å². The van der Waals surface area contributed by atoms with Crippen molar-refractivity contribution in [3.8, 4) is 22.3 Å². The maximum atomic E-state index is 16.9. The topological polar surface area (TPSA) is 213 Å². The first-order chi connectivity index (χ1) is 41.1. The van der Waals surface area contributed by atoms with Gasteiger partial charge in [0.2, 0.25) is 19.7 Å². The summed E-state index contributed by atoms with van der Waals surface area (Å²) in [6.07, 6.45) is -8.56. The molecule has 6 saturated heterocycles. The molecule has 14 atom stereocenters. The Hall–Kier alpha value is -5.88. The van der Waals surface area contributed by atoms with E-state index in [9.17, 15) is 26.4 Å². The first kappa shape index (κ1) is 60.1. The number of hydrogen-bond acceptors (Lipinski definition) is 18. The lowest BCUT2D eigenvalue weighted by Crippen LogP contribution is -2.79. The van der Waals surface area contributed by atoms with Crippen LogP contribution in [0.4, 0.5) is 26.3 Å². The van der Waals surface area contributed by atoms with Crippen molar-refractivity contribution in [2.24, 2.45) is 11.8 Å². The molecule has 87 heavy (non-hydrogen) atoms. The lowest BCUT2D eigenvalue weighted by molar-refractivity contribution is -0.536. The van der Waals surface area contributed by atoms with Crippen molar-refractivity contribution < 1.29 is 110 Å². The maximum Gasteiger partial charge on any atom is 0.380 e. The van der Waals surface area contributed by atoms with Gasteiger partial charge in [-0.3, -0.25) is 0 Å². The molecule has 11 aliphatic rings. The summed E-state index contributed by atoms with van der Waals surface area (Å²) in [6.45, 7) is 9.20. The predicted molar refractivity (Wildman–Crippen MR) is 291 cm³/mol. The Balaban J connectivity index is 0.808. The van der Waals surface area contributed by atoms with E-state index in [1.165, 1.54) is 88.7 Å². The third kappa shape index (κ3) is 8.77. The Morgan fingerprint density at radius 3 is 1.18 bits per heavy atom. The molecule has 8 fully saturated rings. The fourth-order valence-corrected chi connectivity index (χ4v) is 17.8. The van der Waals surface area contributed by atoms with Gasteiger partial charge < -0.3 is 56.8 Å². The van der Waals surface area contributed by atoms with Crippen molar-refractivity contribution in [2.75, 3.05) is 27.8 Å². The number of benzene rings is 4. The van der Waals surface area contributed by atoms with Gasteiger partial charge in [0.15, 0.2) is 12.2 Å². The van der Waals surface area contributed by atoms with Crippen LogP contribution < -0.4 is 0 Å². The number of esters is 2. The van der Waals surface area contributed by atoms with Crippen LogP contribution in [0.15, 0.2) is 116 Å². The number of allylic oxidation sites excluding steroid dienone is 6. The fourth-order valence-electron chi connectivity index (χ4n) is 14.1. The number of rotatable bonds is 16. The zero-order chi connectivity index (χ0) is 62.0. The number of methoxy groups -OCH3 is 2. The molecule has 12 unspecified atom stereocenters. The van der Waals surface area contributed by atoms with Crippen LogP contribution in [0.3, 0.4) is 0 Å². The van der Waals surface area contributed by atoms with E-state index in [0.717, 1.165) is 24.3 Å². The largest absolute Gasteiger partial charge is 0.453 e. The molecule has 26 heteroatoms. The van der Waals surface area contributed by atoms with Crippen LogP contribution in [0, 0.1) is 11.8 Å². The summed E-state index contributed by atoms with van der Waals surface area (Å²) in [6, 6.07) is 18.1. The lowest BCUT2D eigenvalue weighted by atomic mass is 9.72. The molecule has 3 aliphatic carbocycles. The van der Waals surface area contributed by atoms with Gasteiger partial charge in [-0.15, -0.1) is 0 Å². The van der Waals surface area contributed by atoms with Crippen LogP contribution in [-0.2, 0) is 76.5 Å². The highest BCUT2D eigenvalue weighted by molar-refractivity contribution is 7.96. The number of carbonyl (C=O) groups is 2. The van der Waals surface area contributed by atoms with Gasteiger partial charge in [-0.25, -0.2) is 26.4 Å². The smallest absolute Gasteiger partial charge is 0.380 e. The molecule has 0 spiro atoms. The number of halogens is 6. The van der Waals surface area contributed by atoms with E-state index in [4.69, 9.17) is 56.8 Å². The van der Waals surface area contributed by atoms with Gasteiger partial charge in [-0.05, 0) is 71.5 Å². The summed E-state index contributed by atoms with van der Waals surface area (Å²) in [5, 5.41) is 0. The van der Waals surface area contributed by atoms with Gasteiger partial charge in [0.1, 0.15) is 56.3 Å². The maximum absolute atomic E-state index is 16.9. The van der Waals surface area contributed by atoms with Gasteiger partial charge in [-0.2, -0.15) is 26.3 Å². The molecule has 8 aliphatic heterocycles. The van der Waals surface area contributed by atoms with E-state index in [1.54, 1.807) is 13.8 Å². The van der Waals surface area contributed by atoms with Gasteiger partial charge >= 0.3 is 29.7 Å². The molecule has 4 aromatic carbocycles. The number of ether oxygens (including phenoxy) is 12. The van der Waals surface area contributed by atoms with E-state index < -0.39 is 182 Å². The monoisotopic (exact) mass is 1260 g/mol. The summed E-state index contributed by atoms with van der Waals surface area (Å²) in [7, 11) is -6.98. The molecule has 4 aromatic rings. The highest BCUT2D eigenvalue weighted by Gasteiger charge is 2.82. The van der Waals surface area contributed by atoms with Crippen LogP contribution in [0.1, 0.15) is 86.2 Å². The Morgan fingerprint density at radius 1 is 0.483 bits per heavy atom. The van der Waals surface area contributed by atoms with Gasteiger partial charge in [-0.1, -0.05) is 76.2 Å². The molecule has 15 rings (SSSR count). The standard InChI is InChI=1S/C61H58F6O18S2/c1-9-37-41(35-21-19-33(23-39(35)86(37,70)71)29-11-15-31(16-12-29)55(68)78-50-46-27(3)45-28(4)47(50)82-57(5,80-45)81-46)43-44(60(64,65)61(66,67)59(43,62)63)42-36-22-20-34(24-40(36)87(72,73)38(42)10-2)30-13-17-32(18-14-30)56(69)79-51-53-48(76-25-74-7)52-49(77-26-75-8)54(51)85-58(6,83-52)84-53/h11-24,27-28,45-54H,9-10,25-26H2,1-8H3/t27?,28?,45?,46-,47?,48?,49?,50?,51?,52?,53+,54?,57?,58?/m0/s1. The Kier molecular flexibility index (Phi) is 14.2. The fraction of sp³-hybridized carbons (Fsp3) is 0.475. The second kappa shape index (κ2) is 20.6. The normalized spacial score (nSPS) is 34.6. The summed E-state index contributed by atoms with van der Waals surface area (Å²) in [5.74, 6) is -22.4. The Labute approximate surface area is 495 Å². The van der Waals surface area contributed by atoms with E-state index >= 15 is 26.3 Å². The summed E-state index contributed by atoms with van der Waals surface area (Å²) >= 11 is 0. The van der Waals surface area contributed by atoms with E-state index in [2.05, 4.69) is 0 Å². The van der Waals surface area contributed by atoms with Crippen molar-refractivity contribution in [1.82, 2.24) is 0 Å². The summed E-state index contributed by atoms with van der Waals surface area (Å²) in [4.78, 5) is 24.4. The molecule has 0 amide bonds. The minimum Gasteiger partial charge on any atom is -0.453 e. The Morgan fingerprint density at radius 2 is 0.816 bits per heavy atom.